The summed E-state index contributed by atoms with van der Waals surface area (Å²) in [6.07, 6.45) is 0. The number of hydrogen-bond acceptors (Lipinski definition) is 4. The molecule has 0 saturated carbocycles. The van der Waals surface area contributed by atoms with Crippen LogP contribution in [0, 0.1) is 6.92 Å². The Bertz CT molecular complexity index is 1100. The highest BCUT2D eigenvalue weighted by Crippen LogP contribution is 2.23. The molecule has 0 spiro atoms. The first-order valence-electron chi connectivity index (χ1n) is 8.27. The highest BCUT2D eigenvalue weighted by atomic mass is 35.5. The van der Waals surface area contributed by atoms with Gasteiger partial charge >= 0.3 is 16.1 Å². The summed E-state index contributed by atoms with van der Waals surface area (Å²) in [5.74, 6) is 0.0844. The summed E-state index contributed by atoms with van der Waals surface area (Å²) >= 11 is 5.88. The normalized spacial score (nSPS) is 10.9. The lowest BCUT2D eigenvalue weighted by Gasteiger charge is -2.10. The maximum atomic E-state index is 12.4. The second-order valence-electron chi connectivity index (χ2n) is 5.97. The number of nitrogens with one attached hydrogen (secondary N) is 2. The molecule has 0 unspecified atom stereocenters. The van der Waals surface area contributed by atoms with E-state index in [2.05, 4.69) is 10.6 Å². The third-order valence-corrected chi connectivity index (χ3v) is 5.19. The van der Waals surface area contributed by atoms with E-state index in [1.54, 1.807) is 48.5 Å². The number of urea groups is 1. The molecule has 0 aromatic heterocycles. The second kappa shape index (κ2) is 8.33. The molecule has 8 heteroatoms. The fraction of sp³-hybridized carbons (Fsp3) is 0.0500. The number of amides is 2. The minimum Gasteiger partial charge on any atom is -0.379 e. The largest absolute Gasteiger partial charge is 0.379 e. The Morgan fingerprint density at radius 1 is 0.893 bits per heavy atom. The number of halogens is 1. The van der Waals surface area contributed by atoms with Crippen LogP contribution in [0.4, 0.5) is 16.2 Å². The Morgan fingerprint density at radius 3 is 2.14 bits per heavy atom. The van der Waals surface area contributed by atoms with E-state index in [0.29, 0.717) is 16.4 Å². The topological polar surface area (TPSA) is 84.5 Å². The van der Waals surface area contributed by atoms with Gasteiger partial charge in [-0.05, 0) is 49.4 Å². The summed E-state index contributed by atoms with van der Waals surface area (Å²) in [5, 5.41) is 5.75. The van der Waals surface area contributed by atoms with Crippen LogP contribution in [0.15, 0.2) is 77.7 Å². The molecule has 0 fully saturated rings. The summed E-state index contributed by atoms with van der Waals surface area (Å²) in [7, 11) is -3.97. The van der Waals surface area contributed by atoms with Crippen LogP contribution in [0.25, 0.3) is 0 Å². The summed E-state index contributed by atoms with van der Waals surface area (Å²) in [6.45, 7) is 1.86. The van der Waals surface area contributed by atoms with Crippen molar-refractivity contribution in [1.29, 1.82) is 0 Å². The molecule has 0 bridgehead atoms. The van der Waals surface area contributed by atoms with Crippen molar-refractivity contribution in [3.8, 4) is 5.75 Å². The number of carbonyl (C=O) groups excluding carboxylic acids is 1. The predicted octanol–water partition coefficient (Wildman–Crippen LogP) is 5.06. The van der Waals surface area contributed by atoms with Gasteiger partial charge in [0.25, 0.3) is 0 Å². The van der Waals surface area contributed by atoms with E-state index in [9.17, 15) is 13.2 Å². The number of aryl methyl sites for hydroxylation is 1. The van der Waals surface area contributed by atoms with Crippen LogP contribution in [0.2, 0.25) is 5.02 Å². The van der Waals surface area contributed by atoms with E-state index in [4.69, 9.17) is 15.8 Å². The first-order valence-corrected chi connectivity index (χ1v) is 10.1. The third-order valence-electron chi connectivity index (χ3n) is 3.69. The molecular weight excluding hydrogens is 400 g/mol. The molecule has 0 aliphatic heterocycles. The molecule has 0 saturated heterocycles. The molecule has 6 nitrogen and oxygen atoms in total. The molecule has 3 aromatic rings. The van der Waals surface area contributed by atoms with E-state index < -0.39 is 16.1 Å². The van der Waals surface area contributed by atoms with Crippen molar-refractivity contribution in [2.45, 2.75) is 11.8 Å². The first kappa shape index (κ1) is 19.7. The van der Waals surface area contributed by atoms with Gasteiger partial charge in [-0.2, -0.15) is 8.42 Å². The van der Waals surface area contributed by atoms with Crippen LogP contribution in [0.1, 0.15) is 5.56 Å². The number of anilines is 2. The lowest BCUT2D eigenvalue weighted by atomic mass is 10.2. The van der Waals surface area contributed by atoms with Gasteiger partial charge in [-0.15, -0.1) is 0 Å². The minimum atomic E-state index is -3.97. The van der Waals surface area contributed by atoms with Gasteiger partial charge in [0.15, 0.2) is 0 Å². The Labute approximate surface area is 168 Å². The van der Waals surface area contributed by atoms with E-state index in [-0.39, 0.29) is 10.6 Å². The highest BCUT2D eigenvalue weighted by molar-refractivity contribution is 7.87. The van der Waals surface area contributed by atoms with E-state index in [1.807, 2.05) is 6.92 Å². The molecule has 28 heavy (non-hydrogen) atoms. The van der Waals surface area contributed by atoms with Crippen LogP contribution in [0.5, 0.6) is 5.75 Å². The molecule has 0 heterocycles. The van der Waals surface area contributed by atoms with Gasteiger partial charge < -0.3 is 14.8 Å². The number of rotatable bonds is 5. The number of carbonyl (C=O) groups is 1. The summed E-state index contributed by atoms with van der Waals surface area (Å²) in [6, 6.07) is 18.6. The van der Waals surface area contributed by atoms with Gasteiger partial charge in [-0.25, -0.2) is 4.79 Å². The van der Waals surface area contributed by atoms with Crippen molar-refractivity contribution < 1.29 is 17.4 Å². The van der Waals surface area contributed by atoms with E-state index in [1.165, 1.54) is 24.3 Å². The van der Waals surface area contributed by atoms with Crippen LogP contribution < -0.4 is 14.8 Å². The fourth-order valence-electron chi connectivity index (χ4n) is 2.37. The monoisotopic (exact) mass is 416 g/mol. The zero-order valence-electron chi connectivity index (χ0n) is 14.8. The van der Waals surface area contributed by atoms with Gasteiger partial charge in [0.2, 0.25) is 0 Å². The molecule has 2 amide bonds. The number of benzene rings is 3. The molecule has 0 atom stereocenters. The fourth-order valence-corrected chi connectivity index (χ4v) is 3.48. The van der Waals surface area contributed by atoms with Gasteiger partial charge in [-0.1, -0.05) is 41.4 Å². The lowest BCUT2D eigenvalue weighted by Crippen LogP contribution is -2.19. The third kappa shape index (κ3) is 5.25. The van der Waals surface area contributed by atoms with Crippen molar-refractivity contribution in [3.63, 3.8) is 0 Å². The van der Waals surface area contributed by atoms with Crippen molar-refractivity contribution in [2.75, 3.05) is 10.6 Å². The number of hydrogen-bond donors (Lipinski definition) is 2. The SMILES string of the molecule is Cc1ccc(S(=O)(=O)Oc2cccc(NC(=O)Nc3cccc(Cl)c3)c2)cc1. The summed E-state index contributed by atoms with van der Waals surface area (Å²) < 4.78 is 29.9. The van der Waals surface area contributed by atoms with Gasteiger partial charge in [0, 0.05) is 22.5 Å². The van der Waals surface area contributed by atoms with Gasteiger partial charge in [0.1, 0.15) is 10.6 Å². The highest BCUT2D eigenvalue weighted by Gasteiger charge is 2.16. The van der Waals surface area contributed by atoms with Crippen molar-refractivity contribution in [2.24, 2.45) is 0 Å². The zero-order valence-corrected chi connectivity index (χ0v) is 16.4. The molecular formula is C20H17ClN2O4S. The molecule has 0 radical (unpaired) electrons. The van der Waals surface area contributed by atoms with Crippen molar-refractivity contribution in [1.82, 2.24) is 0 Å². The zero-order chi connectivity index (χ0) is 20.1. The van der Waals surface area contributed by atoms with E-state index in [0.717, 1.165) is 5.56 Å². The average Bonchev–Trinajstić information content (AvgIpc) is 2.62. The van der Waals surface area contributed by atoms with Crippen molar-refractivity contribution in [3.05, 3.63) is 83.4 Å². The standard InChI is InChI=1S/C20H17ClN2O4S/c1-14-8-10-19(11-9-14)28(25,26)27-18-7-3-6-17(13-18)23-20(24)22-16-5-2-4-15(21)12-16/h2-13H,1H3,(H2,22,23,24). The van der Waals surface area contributed by atoms with Crippen LogP contribution in [-0.2, 0) is 10.1 Å². The molecule has 2 N–H and O–H groups in total. The smallest absolute Gasteiger partial charge is 0.339 e. The Hall–Kier alpha value is -3.03. The second-order valence-corrected chi connectivity index (χ2v) is 7.95. The molecule has 3 aromatic carbocycles. The summed E-state index contributed by atoms with van der Waals surface area (Å²) in [4.78, 5) is 12.2. The molecule has 144 valence electrons. The molecule has 3 rings (SSSR count). The summed E-state index contributed by atoms with van der Waals surface area (Å²) in [5.41, 5.74) is 1.84. The Morgan fingerprint density at radius 2 is 1.50 bits per heavy atom. The van der Waals surface area contributed by atoms with Crippen LogP contribution in [0.3, 0.4) is 0 Å². The van der Waals surface area contributed by atoms with Crippen LogP contribution in [-0.4, -0.2) is 14.4 Å². The molecule has 0 aliphatic carbocycles. The van der Waals surface area contributed by atoms with Crippen LogP contribution >= 0.6 is 11.6 Å². The van der Waals surface area contributed by atoms with Gasteiger partial charge in [0.05, 0.1) is 0 Å². The quantitative estimate of drug-likeness (QED) is 0.569. The molecule has 0 aliphatic rings. The van der Waals surface area contributed by atoms with Crippen molar-refractivity contribution >= 4 is 39.1 Å². The van der Waals surface area contributed by atoms with E-state index >= 15 is 0 Å². The minimum absolute atomic E-state index is 0.0511. The predicted molar refractivity (Wildman–Crippen MR) is 110 cm³/mol. The maximum absolute atomic E-state index is 12.4. The first-order chi connectivity index (χ1) is 13.3. The Balaban J connectivity index is 1.69. The average molecular weight is 417 g/mol. The maximum Gasteiger partial charge on any atom is 0.339 e. The van der Waals surface area contributed by atoms with Gasteiger partial charge in [-0.3, -0.25) is 0 Å². The lowest BCUT2D eigenvalue weighted by molar-refractivity contribution is 0.262. The Kier molecular flexibility index (Phi) is 5.87.